The predicted molar refractivity (Wildman–Crippen MR) is 56.5 cm³/mol. The minimum absolute atomic E-state index is 0.898. The van der Waals surface area contributed by atoms with Gasteiger partial charge in [0.2, 0.25) is 0 Å². The van der Waals surface area contributed by atoms with Crippen molar-refractivity contribution in [1.82, 2.24) is 4.90 Å². The third-order valence-electron chi connectivity index (χ3n) is 3.80. The molecule has 0 aromatic heterocycles. The Bertz CT molecular complexity index is 149. The Morgan fingerprint density at radius 1 is 1.08 bits per heavy atom. The number of nitrogens with zero attached hydrogens (tertiary/aromatic N) is 1. The Hall–Kier alpha value is -0.0400. The molecular formula is C12H22N. The first-order valence-electron chi connectivity index (χ1n) is 5.93. The fourth-order valence-corrected chi connectivity index (χ4v) is 2.93. The highest BCUT2D eigenvalue weighted by molar-refractivity contribution is 4.82. The van der Waals surface area contributed by atoms with Gasteiger partial charge in [-0.15, -0.1) is 0 Å². The minimum Gasteiger partial charge on any atom is -0.300 e. The van der Waals surface area contributed by atoms with E-state index in [2.05, 4.69) is 11.8 Å². The van der Waals surface area contributed by atoms with Crippen molar-refractivity contribution >= 4 is 0 Å². The summed E-state index contributed by atoms with van der Waals surface area (Å²) in [7, 11) is 0. The van der Waals surface area contributed by atoms with Crippen molar-refractivity contribution in [2.45, 2.75) is 51.0 Å². The third-order valence-corrected chi connectivity index (χ3v) is 3.80. The van der Waals surface area contributed by atoms with E-state index in [0.29, 0.717) is 0 Å². The van der Waals surface area contributed by atoms with Crippen molar-refractivity contribution < 1.29 is 0 Å². The maximum Gasteiger partial charge on any atom is 0.00953 e. The van der Waals surface area contributed by atoms with Gasteiger partial charge in [0, 0.05) is 12.6 Å². The van der Waals surface area contributed by atoms with E-state index in [1.165, 1.54) is 51.6 Å². The molecule has 1 atom stereocenters. The van der Waals surface area contributed by atoms with Gasteiger partial charge in [-0.1, -0.05) is 19.8 Å². The SMILES string of the molecule is [CH2]C[C@H]1CCCN(C2CCCC2)C1. The Labute approximate surface area is 82.5 Å². The fraction of sp³-hybridized carbons (Fsp3) is 0.917. The van der Waals surface area contributed by atoms with Gasteiger partial charge in [-0.25, -0.2) is 0 Å². The van der Waals surface area contributed by atoms with Crippen molar-refractivity contribution in [2.75, 3.05) is 13.1 Å². The van der Waals surface area contributed by atoms with Crippen LogP contribution in [0.5, 0.6) is 0 Å². The molecule has 0 amide bonds. The van der Waals surface area contributed by atoms with Crippen LogP contribution in [0, 0.1) is 12.8 Å². The van der Waals surface area contributed by atoms with Crippen molar-refractivity contribution in [2.24, 2.45) is 5.92 Å². The predicted octanol–water partition coefficient (Wildman–Crippen LogP) is 2.87. The molecule has 1 saturated heterocycles. The van der Waals surface area contributed by atoms with Gasteiger partial charge < -0.3 is 4.90 Å². The van der Waals surface area contributed by atoms with Crippen LogP contribution in [0.1, 0.15) is 44.9 Å². The standard InChI is InChI=1S/C12H22N/c1-2-11-6-5-9-13(10-11)12-7-3-4-8-12/h11-12H,1-10H2/t11-/m0/s1. The topological polar surface area (TPSA) is 3.24 Å². The maximum absolute atomic E-state index is 4.04. The normalized spacial score (nSPS) is 32.5. The van der Waals surface area contributed by atoms with Crippen LogP contribution >= 0.6 is 0 Å². The molecule has 0 unspecified atom stereocenters. The smallest absolute Gasteiger partial charge is 0.00953 e. The molecule has 1 heteroatoms. The van der Waals surface area contributed by atoms with Crippen LogP contribution in [-0.2, 0) is 0 Å². The lowest BCUT2D eigenvalue weighted by Gasteiger charge is -2.36. The van der Waals surface area contributed by atoms with Gasteiger partial charge in [0.25, 0.3) is 0 Å². The zero-order valence-corrected chi connectivity index (χ0v) is 8.67. The third kappa shape index (κ3) is 2.25. The zero-order chi connectivity index (χ0) is 9.10. The second-order valence-electron chi connectivity index (χ2n) is 4.73. The van der Waals surface area contributed by atoms with Crippen LogP contribution in [0.25, 0.3) is 0 Å². The lowest BCUT2D eigenvalue weighted by Crippen LogP contribution is -2.41. The first kappa shape index (κ1) is 9.51. The number of rotatable bonds is 2. The summed E-state index contributed by atoms with van der Waals surface area (Å²) in [6, 6.07) is 0.939. The van der Waals surface area contributed by atoms with Crippen LogP contribution in [0.4, 0.5) is 0 Å². The summed E-state index contributed by atoms with van der Waals surface area (Å²) in [5, 5.41) is 0. The molecule has 1 aliphatic heterocycles. The number of piperidine rings is 1. The summed E-state index contributed by atoms with van der Waals surface area (Å²) in [6.07, 6.45) is 9.84. The van der Waals surface area contributed by atoms with E-state index in [1.807, 2.05) is 0 Å². The van der Waals surface area contributed by atoms with E-state index >= 15 is 0 Å². The molecule has 1 heterocycles. The second-order valence-corrected chi connectivity index (χ2v) is 4.73. The van der Waals surface area contributed by atoms with Gasteiger partial charge in [-0.3, -0.25) is 0 Å². The molecule has 1 saturated carbocycles. The van der Waals surface area contributed by atoms with Crippen molar-refractivity contribution in [1.29, 1.82) is 0 Å². The summed E-state index contributed by atoms with van der Waals surface area (Å²) < 4.78 is 0. The quantitative estimate of drug-likeness (QED) is 0.631. The monoisotopic (exact) mass is 180 g/mol. The van der Waals surface area contributed by atoms with Crippen molar-refractivity contribution in [3.8, 4) is 0 Å². The Kier molecular flexibility index (Phi) is 3.26. The molecule has 75 valence electrons. The summed E-state index contributed by atoms with van der Waals surface area (Å²) >= 11 is 0. The highest BCUT2D eigenvalue weighted by Gasteiger charge is 2.26. The zero-order valence-electron chi connectivity index (χ0n) is 8.67. The molecule has 13 heavy (non-hydrogen) atoms. The Balaban J connectivity index is 1.84. The largest absolute Gasteiger partial charge is 0.300 e. The van der Waals surface area contributed by atoms with Crippen LogP contribution in [0.2, 0.25) is 0 Å². The summed E-state index contributed by atoms with van der Waals surface area (Å²) in [5.41, 5.74) is 0. The van der Waals surface area contributed by atoms with Gasteiger partial charge in [-0.2, -0.15) is 0 Å². The van der Waals surface area contributed by atoms with Crippen molar-refractivity contribution in [3.63, 3.8) is 0 Å². The highest BCUT2D eigenvalue weighted by atomic mass is 15.2. The Morgan fingerprint density at radius 2 is 1.85 bits per heavy atom. The Morgan fingerprint density at radius 3 is 2.54 bits per heavy atom. The van der Waals surface area contributed by atoms with Gasteiger partial charge in [-0.05, 0) is 44.6 Å². The van der Waals surface area contributed by atoms with Crippen LogP contribution < -0.4 is 0 Å². The maximum atomic E-state index is 4.04. The molecule has 0 N–H and O–H groups in total. The molecule has 1 nitrogen and oxygen atoms in total. The fourth-order valence-electron chi connectivity index (χ4n) is 2.93. The molecule has 2 rings (SSSR count). The average molecular weight is 180 g/mol. The molecular weight excluding hydrogens is 158 g/mol. The first-order valence-corrected chi connectivity index (χ1v) is 5.93. The molecule has 0 aromatic rings. The molecule has 2 fully saturated rings. The van der Waals surface area contributed by atoms with Gasteiger partial charge in [0.05, 0.1) is 0 Å². The summed E-state index contributed by atoms with van der Waals surface area (Å²) in [5.74, 6) is 0.898. The van der Waals surface area contributed by atoms with Crippen LogP contribution in [0.15, 0.2) is 0 Å². The van der Waals surface area contributed by atoms with E-state index in [9.17, 15) is 0 Å². The van der Waals surface area contributed by atoms with E-state index in [0.717, 1.165) is 18.4 Å². The molecule has 2 aliphatic rings. The van der Waals surface area contributed by atoms with Gasteiger partial charge in [0.15, 0.2) is 0 Å². The van der Waals surface area contributed by atoms with Crippen molar-refractivity contribution in [3.05, 3.63) is 6.92 Å². The number of hydrogen-bond donors (Lipinski definition) is 0. The lowest BCUT2D eigenvalue weighted by atomic mass is 9.94. The highest BCUT2D eigenvalue weighted by Crippen LogP contribution is 2.28. The van der Waals surface area contributed by atoms with Gasteiger partial charge in [0.1, 0.15) is 0 Å². The minimum atomic E-state index is 0.898. The second kappa shape index (κ2) is 4.45. The van der Waals surface area contributed by atoms with Crippen LogP contribution in [-0.4, -0.2) is 24.0 Å². The molecule has 0 aromatic carbocycles. The van der Waals surface area contributed by atoms with E-state index < -0.39 is 0 Å². The van der Waals surface area contributed by atoms with E-state index in [-0.39, 0.29) is 0 Å². The summed E-state index contributed by atoms with van der Waals surface area (Å²) in [4.78, 5) is 2.74. The molecule has 1 aliphatic carbocycles. The van der Waals surface area contributed by atoms with E-state index in [4.69, 9.17) is 0 Å². The molecule has 0 spiro atoms. The molecule has 0 bridgehead atoms. The average Bonchev–Trinajstić information content (AvgIpc) is 2.71. The lowest BCUT2D eigenvalue weighted by molar-refractivity contribution is 0.125. The molecule has 1 radical (unpaired) electrons. The van der Waals surface area contributed by atoms with Crippen LogP contribution in [0.3, 0.4) is 0 Å². The number of hydrogen-bond acceptors (Lipinski definition) is 1. The van der Waals surface area contributed by atoms with Gasteiger partial charge >= 0.3 is 0 Å². The van der Waals surface area contributed by atoms with E-state index in [1.54, 1.807) is 0 Å². The number of likely N-dealkylation sites (tertiary alicyclic amines) is 1. The summed E-state index contributed by atoms with van der Waals surface area (Å²) in [6.45, 7) is 6.75. The first-order chi connectivity index (χ1) is 6.40.